The lowest BCUT2D eigenvalue weighted by atomic mass is 9.87. The number of nitrogens with zero attached hydrogens (tertiary/aromatic N) is 1. The van der Waals surface area contributed by atoms with E-state index < -0.39 is 0 Å². The van der Waals surface area contributed by atoms with Crippen molar-refractivity contribution in [2.24, 2.45) is 5.92 Å². The number of Topliss-reactive ketones (excluding diaryl/α,β-unsaturated/α-hetero) is 1. The van der Waals surface area contributed by atoms with Crippen LogP contribution in [0.5, 0.6) is 0 Å². The van der Waals surface area contributed by atoms with Gasteiger partial charge in [-0.2, -0.15) is 0 Å². The number of rotatable bonds is 12. The Morgan fingerprint density at radius 1 is 1.03 bits per heavy atom. The van der Waals surface area contributed by atoms with Crippen LogP contribution in [0.25, 0.3) is 5.57 Å². The van der Waals surface area contributed by atoms with Crippen LogP contribution >= 0.6 is 0 Å². The van der Waals surface area contributed by atoms with Gasteiger partial charge in [-0.1, -0.05) is 89.1 Å². The normalized spacial score (nSPS) is 14.4. The second-order valence-corrected chi connectivity index (χ2v) is 8.80. The zero-order valence-electron chi connectivity index (χ0n) is 22.5. The van der Waals surface area contributed by atoms with E-state index in [4.69, 9.17) is 0 Å². The van der Waals surface area contributed by atoms with Gasteiger partial charge in [-0.3, -0.25) is 9.59 Å². The van der Waals surface area contributed by atoms with Crippen LogP contribution < -0.4 is 5.43 Å². The van der Waals surface area contributed by atoms with E-state index in [1.165, 1.54) is 6.92 Å². The first kappa shape index (κ1) is 29.6. The summed E-state index contributed by atoms with van der Waals surface area (Å²) < 4.78 is 2.09. The van der Waals surface area contributed by atoms with Crippen molar-refractivity contribution < 1.29 is 4.79 Å². The summed E-state index contributed by atoms with van der Waals surface area (Å²) in [6, 6.07) is 1.70. The van der Waals surface area contributed by atoms with Crippen LogP contribution in [-0.2, 0) is 0 Å². The first-order chi connectivity index (χ1) is 16.6. The highest BCUT2D eigenvalue weighted by atomic mass is 16.1. The van der Waals surface area contributed by atoms with E-state index in [-0.39, 0.29) is 22.8 Å². The number of allylic oxidation sites excluding steroid dienone is 13. The highest BCUT2D eigenvalue weighted by molar-refractivity contribution is 5.94. The summed E-state index contributed by atoms with van der Waals surface area (Å²) in [7, 11) is 0. The third-order valence-electron chi connectivity index (χ3n) is 6.08. The predicted octanol–water partition coefficient (Wildman–Crippen LogP) is 8.36. The van der Waals surface area contributed by atoms with Gasteiger partial charge in [-0.05, 0) is 67.9 Å². The second kappa shape index (κ2) is 14.1. The maximum atomic E-state index is 13.0. The molecule has 1 aromatic heterocycles. The van der Waals surface area contributed by atoms with Crippen molar-refractivity contribution in [1.29, 1.82) is 0 Å². The minimum absolute atomic E-state index is 0.109. The average molecular weight is 472 g/mol. The van der Waals surface area contributed by atoms with E-state index in [0.717, 1.165) is 40.0 Å². The number of carbonyl (C=O) groups excluding carboxylic acids is 1. The second-order valence-electron chi connectivity index (χ2n) is 8.80. The number of carbonyl (C=O) groups is 1. The van der Waals surface area contributed by atoms with Crippen LogP contribution in [-0.4, -0.2) is 10.4 Å². The zero-order valence-corrected chi connectivity index (χ0v) is 22.5. The molecule has 35 heavy (non-hydrogen) atoms. The Kier molecular flexibility index (Phi) is 11.9. The molecule has 0 amide bonds. The first-order valence-corrected chi connectivity index (χ1v) is 12.2. The third kappa shape index (κ3) is 7.26. The van der Waals surface area contributed by atoms with E-state index in [2.05, 4.69) is 45.1 Å². The molecule has 0 aromatic carbocycles. The summed E-state index contributed by atoms with van der Waals surface area (Å²) in [6.45, 7) is 26.2. The molecule has 186 valence electrons. The molecule has 0 fully saturated rings. The molecule has 1 unspecified atom stereocenters. The maximum Gasteiger partial charge on any atom is 0.192 e. The molecule has 1 rings (SSSR count). The molecule has 1 aromatic rings. The molecule has 0 spiro atoms. The molecule has 3 nitrogen and oxygen atoms in total. The Bertz CT molecular complexity index is 1180. The summed E-state index contributed by atoms with van der Waals surface area (Å²) in [5.74, 6) is 0.0689. The molecule has 0 aliphatic heterocycles. The van der Waals surface area contributed by atoms with E-state index >= 15 is 0 Å². The SMILES string of the molecule is C=C/C(=C\C=C/C)C(=C)C(/C(C=C)=C/C=C\C)=C(\C)c1cc(=O)c(C(C)=O)cn1C(CC)C(C)C. The zero-order chi connectivity index (χ0) is 26.7. The van der Waals surface area contributed by atoms with Crippen molar-refractivity contribution in [2.45, 2.75) is 60.9 Å². The lowest BCUT2D eigenvalue weighted by molar-refractivity contribution is 0.101. The molecular formula is C32H41NO2. The summed E-state index contributed by atoms with van der Waals surface area (Å²) in [5, 5.41) is 0. The van der Waals surface area contributed by atoms with Gasteiger partial charge < -0.3 is 4.57 Å². The van der Waals surface area contributed by atoms with Gasteiger partial charge in [-0.15, -0.1) is 0 Å². The first-order valence-electron chi connectivity index (χ1n) is 12.2. The Labute approximate surface area is 212 Å². The molecule has 0 saturated heterocycles. The van der Waals surface area contributed by atoms with Gasteiger partial charge in [0, 0.05) is 24.0 Å². The molecule has 0 N–H and O–H groups in total. The molecule has 0 bridgehead atoms. The Hall–Kier alpha value is -3.46. The van der Waals surface area contributed by atoms with Crippen LogP contribution in [0.15, 0.2) is 108 Å². The van der Waals surface area contributed by atoms with Gasteiger partial charge in [0.15, 0.2) is 11.2 Å². The number of pyridine rings is 1. The summed E-state index contributed by atoms with van der Waals surface area (Å²) in [4.78, 5) is 25.2. The van der Waals surface area contributed by atoms with E-state index in [9.17, 15) is 9.59 Å². The largest absolute Gasteiger partial charge is 0.343 e. The molecule has 0 saturated carbocycles. The standard InChI is InChI=1S/C32H41NO2/c1-11-16-18-26(13-3)23(8)32(27(14-4)19-17-12-2)24(9)30-20-31(35)28(25(10)34)21-33(30)29(15-5)22(6)7/h11-14,16-22,29H,3-4,8,15H2,1-2,5-7,9-10H3/b16-11-,17-12-,26-18+,27-19+,32-24-. The van der Waals surface area contributed by atoms with E-state index in [1.807, 2.05) is 57.2 Å². The van der Waals surface area contributed by atoms with Crippen molar-refractivity contribution in [3.63, 3.8) is 0 Å². The van der Waals surface area contributed by atoms with Crippen LogP contribution in [0, 0.1) is 5.92 Å². The van der Waals surface area contributed by atoms with Gasteiger partial charge in [0.25, 0.3) is 0 Å². The fourth-order valence-corrected chi connectivity index (χ4v) is 4.21. The Morgan fingerprint density at radius 3 is 2.00 bits per heavy atom. The van der Waals surface area contributed by atoms with Crippen molar-refractivity contribution in [2.75, 3.05) is 0 Å². The van der Waals surface area contributed by atoms with Gasteiger partial charge in [0.1, 0.15) is 0 Å². The Morgan fingerprint density at radius 2 is 1.57 bits per heavy atom. The highest BCUT2D eigenvalue weighted by Crippen LogP contribution is 2.35. The minimum atomic E-state index is -0.280. The lowest BCUT2D eigenvalue weighted by Gasteiger charge is -2.28. The molecule has 1 atom stereocenters. The lowest BCUT2D eigenvalue weighted by Crippen LogP contribution is -2.24. The quantitative estimate of drug-likeness (QED) is 0.227. The van der Waals surface area contributed by atoms with E-state index in [0.29, 0.717) is 5.92 Å². The summed E-state index contributed by atoms with van der Waals surface area (Å²) in [6.07, 6.45) is 17.9. The van der Waals surface area contributed by atoms with Gasteiger partial charge in [0.2, 0.25) is 0 Å². The fraction of sp³-hybridized carbons (Fsp3) is 0.312. The molecule has 0 radical (unpaired) electrons. The number of hydrogen-bond acceptors (Lipinski definition) is 2. The van der Waals surface area contributed by atoms with E-state index in [1.54, 1.807) is 24.4 Å². The number of hydrogen-bond donors (Lipinski definition) is 0. The summed E-state index contributed by atoms with van der Waals surface area (Å²) in [5.41, 5.74) is 4.97. The molecular weight excluding hydrogens is 430 g/mol. The smallest absolute Gasteiger partial charge is 0.192 e. The topological polar surface area (TPSA) is 39.1 Å². The van der Waals surface area contributed by atoms with Crippen LogP contribution in [0.3, 0.4) is 0 Å². The van der Waals surface area contributed by atoms with Crippen molar-refractivity contribution >= 4 is 11.4 Å². The molecule has 3 heteroatoms. The monoisotopic (exact) mass is 471 g/mol. The molecule has 0 aliphatic rings. The average Bonchev–Trinajstić information content (AvgIpc) is 2.82. The maximum absolute atomic E-state index is 13.0. The predicted molar refractivity (Wildman–Crippen MR) is 153 cm³/mol. The van der Waals surface area contributed by atoms with Crippen molar-refractivity contribution in [3.8, 4) is 0 Å². The van der Waals surface area contributed by atoms with Crippen LogP contribution in [0.4, 0.5) is 0 Å². The summed E-state index contributed by atoms with van der Waals surface area (Å²) >= 11 is 0. The van der Waals surface area contributed by atoms with Crippen LogP contribution in [0.2, 0.25) is 0 Å². The third-order valence-corrected chi connectivity index (χ3v) is 6.08. The fourth-order valence-electron chi connectivity index (χ4n) is 4.21. The van der Waals surface area contributed by atoms with Gasteiger partial charge >= 0.3 is 0 Å². The molecule has 1 heterocycles. The highest BCUT2D eigenvalue weighted by Gasteiger charge is 2.22. The molecule has 0 aliphatic carbocycles. The minimum Gasteiger partial charge on any atom is -0.343 e. The number of ketones is 1. The van der Waals surface area contributed by atoms with Crippen LogP contribution in [0.1, 0.15) is 77.0 Å². The Balaban J connectivity index is 4.24. The van der Waals surface area contributed by atoms with Gasteiger partial charge in [0.05, 0.1) is 5.56 Å². The number of aromatic nitrogens is 1. The van der Waals surface area contributed by atoms with Crippen molar-refractivity contribution in [1.82, 2.24) is 4.57 Å². The van der Waals surface area contributed by atoms with Crippen molar-refractivity contribution in [3.05, 3.63) is 124 Å². The van der Waals surface area contributed by atoms with Gasteiger partial charge in [-0.25, -0.2) is 0 Å².